The van der Waals surface area contributed by atoms with Crippen molar-refractivity contribution in [2.24, 2.45) is 7.05 Å². The molecule has 15 heavy (non-hydrogen) atoms. The zero-order valence-corrected chi connectivity index (χ0v) is 8.99. The van der Waals surface area contributed by atoms with Crippen molar-refractivity contribution in [3.63, 3.8) is 0 Å². The Labute approximate surface area is 89.7 Å². The topological polar surface area (TPSA) is 46.1 Å². The Morgan fingerprint density at radius 2 is 2.60 bits per heavy atom. The minimum Gasteiger partial charge on any atom is -0.357 e. The number of hydrogen-bond donors (Lipinski definition) is 2. The lowest BCUT2D eigenvalue weighted by molar-refractivity contribution is -0.122. The van der Waals surface area contributed by atoms with Gasteiger partial charge in [0.05, 0.1) is 6.04 Å². The quantitative estimate of drug-likeness (QED) is 0.753. The summed E-state index contributed by atoms with van der Waals surface area (Å²) in [6.07, 6.45) is 6.06. The van der Waals surface area contributed by atoms with Gasteiger partial charge in [-0.2, -0.15) is 0 Å². The van der Waals surface area contributed by atoms with Crippen molar-refractivity contribution in [3.05, 3.63) is 24.0 Å². The highest BCUT2D eigenvalue weighted by molar-refractivity contribution is 5.81. The standard InChI is InChI=1S/C11H17N3O/c1-14-6-4-9(8-14)7-13-11(15)10-3-2-5-12-10/h4,6,8,10,12H,2-3,5,7H2,1H3,(H,13,15)/t10-/m1/s1. The van der Waals surface area contributed by atoms with E-state index >= 15 is 0 Å². The summed E-state index contributed by atoms with van der Waals surface area (Å²) in [5.74, 6) is 0.122. The first-order valence-corrected chi connectivity index (χ1v) is 5.37. The van der Waals surface area contributed by atoms with E-state index in [1.807, 2.05) is 30.1 Å². The van der Waals surface area contributed by atoms with E-state index in [9.17, 15) is 4.79 Å². The van der Waals surface area contributed by atoms with E-state index in [1.54, 1.807) is 0 Å². The van der Waals surface area contributed by atoms with Gasteiger partial charge in [-0.05, 0) is 31.0 Å². The SMILES string of the molecule is Cn1ccc(CNC(=O)[C@H]2CCCN2)c1. The van der Waals surface area contributed by atoms with Gasteiger partial charge in [0.2, 0.25) is 5.91 Å². The Bertz CT molecular complexity index is 339. The maximum absolute atomic E-state index is 11.6. The number of carbonyl (C=O) groups is 1. The molecule has 0 bridgehead atoms. The van der Waals surface area contributed by atoms with Crippen LogP contribution in [0.2, 0.25) is 0 Å². The highest BCUT2D eigenvalue weighted by atomic mass is 16.2. The minimum atomic E-state index is 0.0220. The van der Waals surface area contributed by atoms with Crippen LogP contribution in [0.5, 0.6) is 0 Å². The average molecular weight is 207 g/mol. The average Bonchev–Trinajstić information content (AvgIpc) is 2.84. The highest BCUT2D eigenvalue weighted by Gasteiger charge is 2.21. The Morgan fingerprint density at radius 1 is 1.73 bits per heavy atom. The Hall–Kier alpha value is -1.29. The number of nitrogens with one attached hydrogen (secondary N) is 2. The number of carbonyl (C=O) groups excluding carboxylic acids is 1. The molecule has 0 aromatic carbocycles. The van der Waals surface area contributed by atoms with Crippen LogP contribution in [-0.2, 0) is 18.4 Å². The summed E-state index contributed by atoms with van der Waals surface area (Å²) in [6, 6.07) is 2.04. The van der Waals surface area contributed by atoms with Gasteiger partial charge in [0.25, 0.3) is 0 Å². The number of hydrogen-bond acceptors (Lipinski definition) is 2. The molecule has 1 aliphatic heterocycles. The Kier molecular flexibility index (Phi) is 3.06. The van der Waals surface area contributed by atoms with Gasteiger partial charge < -0.3 is 15.2 Å². The van der Waals surface area contributed by atoms with E-state index in [4.69, 9.17) is 0 Å². The molecule has 2 heterocycles. The fourth-order valence-corrected chi connectivity index (χ4v) is 1.89. The first kappa shape index (κ1) is 10.2. The van der Waals surface area contributed by atoms with Crippen LogP contribution >= 0.6 is 0 Å². The van der Waals surface area contributed by atoms with E-state index < -0.39 is 0 Å². The molecule has 1 saturated heterocycles. The molecule has 1 aromatic rings. The monoisotopic (exact) mass is 207 g/mol. The summed E-state index contributed by atoms with van der Waals surface area (Å²) in [5, 5.41) is 6.12. The first-order valence-electron chi connectivity index (χ1n) is 5.37. The fourth-order valence-electron chi connectivity index (χ4n) is 1.89. The number of nitrogens with zero attached hydrogens (tertiary/aromatic N) is 1. The van der Waals surface area contributed by atoms with Crippen LogP contribution in [0, 0.1) is 0 Å². The van der Waals surface area contributed by atoms with Crippen molar-refractivity contribution >= 4 is 5.91 Å². The lowest BCUT2D eigenvalue weighted by Gasteiger charge is -2.09. The van der Waals surface area contributed by atoms with Crippen LogP contribution < -0.4 is 10.6 Å². The van der Waals surface area contributed by atoms with Crippen LogP contribution in [0.3, 0.4) is 0 Å². The summed E-state index contributed by atoms with van der Waals surface area (Å²) >= 11 is 0. The number of aromatic nitrogens is 1. The molecule has 0 unspecified atom stereocenters. The molecule has 82 valence electrons. The minimum absolute atomic E-state index is 0.0220. The van der Waals surface area contributed by atoms with E-state index in [-0.39, 0.29) is 11.9 Å². The van der Waals surface area contributed by atoms with Crippen LogP contribution in [0.1, 0.15) is 18.4 Å². The summed E-state index contributed by atoms with van der Waals surface area (Å²) in [6.45, 7) is 1.58. The third-order valence-corrected chi connectivity index (χ3v) is 2.74. The zero-order valence-electron chi connectivity index (χ0n) is 8.99. The van der Waals surface area contributed by atoms with Crippen molar-refractivity contribution in [2.45, 2.75) is 25.4 Å². The van der Waals surface area contributed by atoms with Crippen molar-refractivity contribution in [1.29, 1.82) is 0 Å². The molecule has 4 heteroatoms. The lowest BCUT2D eigenvalue weighted by Crippen LogP contribution is -2.39. The number of aryl methyl sites for hydroxylation is 1. The third kappa shape index (κ3) is 2.59. The molecule has 2 N–H and O–H groups in total. The second-order valence-corrected chi connectivity index (χ2v) is 4.05. The summed E-state index contributed by atoms with van der Waals surface area (Å²) < 4.78 is 1.98. The molecule has 0 radical (unpaired) electrons. The molecule has 0 saturated carbocycles. The van der Waals surface area contributed by atoms with Crippen LogP contribution in [0.25, 0.3) is 0 Å². The predicted molar refractivity (Wildman–Crippen MR) is 58.3 cm³/mol. The third-order valence-electron chi connectivity index (χ3n) is 2.74. The number of rotatable bonds is 3. The van der Waals surface area contributed by atoms with Crippen LogP contribution in [0.4, 0.5) is 0 Å². The van der Waals surface area contributed by atoms with Gasteiger partial charge in [-0.15, -0.1) is 0 Å². The smallest absolute Gasteiger partial charge is 0.237 e. The summed E-state index contributed by atoms with van der Waals surface area (Å²) in [5.41, 5.74) is 1.14. The van der Waals surface area contributed by atoms with Crippen molar-refractivity contribution < 1.29 is 4.79 Å². The molecule has 1 aliphatic rings. The highest BCUT2D eigenvalue weighted by Crippen LogP contribution is 2.05. The Morgan fingerprint density at radius 3 is 3.20 bits per heavy atom. The second-order valence-electron chi connectivity index (χ2n) is 4.05. The van der Waals surface area contributed by atoms with E-state index in [1.165, 1.54) is 0 Å². The van der Waals surface area contributed by atoms with Gasteiger partial charge in [0.15, 0.2) is 0 Å². The summed E-state index contributed by atoms with van der Waals surface area (Å²) in [7, 11) is 1.98. The van der Waals surface area contributed by atoms with Gasteiger partial charge >= 0.3 is 0 Å². The van der Waals surface area contributed by atoms with Crippen molar-refractivity contribution in [1.82, 2.24) is 15.2 Å². The molecule has 1 atom stereocenters. The summed E-state index contributed by atoms with van der Waals surface area (Å²) in [4.78, 5) is 11.6. The molecule has 0 aliphatic carbocycles. The second kappa shape index (κ2) is 4.49. The van der Waals surface area contributed by atoms with Gasteiger partial charge in [-0.25, -0.2) is 0 Å². The fraction of sp³-hybridized carbons (Fsp3) is 0.545. The molecule has 1 aromatic heterocycles. The van der Waals surface area contributed by atoms with Crippen LogP contribution in [0.15, 0.2) is 18.5 Å². The van der Waals surface area contributed by atoms with Gasteiger partial charge in [0, 0.05) is 26.0 Å². The predicted octanol–water partition coefficient (Wildman–Crippen LogP) is 0.393. The maximum atomic E-state index is 11.6. The lowest BCUT2D eigenvalue weighted by atomic mass is 10.2. The van der Waals surface area contributed by atoms with E-state index in [0.29, 0.717) is 6.54 Å². The van der Waals surface area contributed by atoms with E-state index in [0.717, 1.165) is 24.9 Å². The first-order chi connectivity index (χ1) is 7.25. The molecule has 2 rings (SSSR count). The maximum Gasteiger partial charge on any atom is 0.237 e. The van der Waals surface area contributed by atoms with Crippen molar-refractivity contribution in [3.8, 4) is 0 Å². The van der Waals surface area contributed by atoms with E-state index in [2.05, 4.69) is 10.6 Å². The Balaban J connectivity index is 1.80. The molecular formula is C11H17N3O. The van der Waals surface area contributed by atoms with Gasteiger partial charge in [-0.1, -0.05) is 0 Å². The van der Waals surface area contributed by atoms with Gasteiger partial charge in [-0.3, -0.25) is 4.79 Å². The molecule has 4 nitrogen and oxygen atoms in total. The molecule has 0 spiro atoms. The van der Waals surface area contributed by atoms with Crippen molar-refractivity contribution in [2.75, 3.05) is 6.54 Å². The molecular weight excluding hydrogens is 190 g/mol. The molecule has 1 amide bonds. The number of amides is 1. The normalized spacial score (nSPS) is 20.5. The molecule has 1 fully saturated rings. The van der Waals surface area contributed by atoms with Gasteiger partial charge in [0.1, 0.15) is 0 Å². The largest absolute Gasteiger partial charge is 0.357 e. The zero-order chi connectivity index (χ0) is 10.7. The van der Waals surface area contributed by atoms with Crippen LogP contribution in [-0.4, -0.2) is 23.1 Å².